The third-order valence-electron chi connectivity index (χ3n) is 8.70. The highest BCUT2D eigenvalue weighted by Crippen LogP contribution is 2.66. The summed E-state index contributed by atoms with van der Waals surface area (Å²) in [6.45, 7) is 9.90. The summed E-state index contributed by atoms with van der Waals surface area (Å²) < 4.78 is 0. The molecule has 6 unspecified atom stereocenters. The Morgan fingerprint density at radius 3 is 2.45 bits per heavy atom. The van der Waals surface area contributed by atoms with Crippen LogP contribution in [0, 0.1) is 40.4 Å². The Labute approximate surface area is 136 Å². The second kappa shape index (κ2) is 5.77. The zero-order valence-corrected chi connectivity index (χ0v) is 15.0. The Balaban J connectivity index is 1.95. The Morgan fingerprint density at radius 2 is 1.82 bits per heavy atom. The zero-order chi connectivity index (χ0) is 16.1. The Morgan fingerprint density at radius 1 is 1.09 bits per heavy atom. The third kappa shape index (κ3) is 2.20. The molecule has 2 heteroatoms. The molecule has 128 valence electrons. The SMILES string of the molecule is CCC1CC(O)C2C(CC[C@]3(C)C(C)CCC23)[C@@]1(C)CCO. The second-order valence-electron chi connectivity index (χ2n) is 9.20. The van der Waals surface area contributed by atoms with Gasteiger partial charge in [0.2, 0.25) is 0 Å². The monoisotopic (exact) mass is 308 g/mol. The largest absolute Gasteiger partial charge is 0.396 e. The van der Waals surface area contributed by atoms with Crippen LogP contribution in [0.25, 0.3) is 0 Å². The van der Waals surface area contributed by atoms with Crippen LogP contribution >= 0.6 is 0 Å². The van der Waals surface area contributed by atoms with Crippen LogP contribution in [0.2, 0.25) is 0 Å². The summed E-state index contributed by atoms with van der Waals surface area (Å²) >= 11 is 0. The molecule has 3 rings (SSSR count). The summed E-state index contributed by atoms with van der Waals surface area (Å²) in [5.74, 6) is 3.16. The van der Waals surface area contributed by atoms with Crippen molar-refractivity contribution in [1.82, 2.24) is 0 Å². The second-order valence-corrected chi connectivity index (χ2v) is 9.20. The van der Waals surface area contributed by atoms with Gasteiger partial charge in [0.25, 0.3) is 0 Å². The highest BCUT2D eigenvalue weighted by atomic mass is 16.3. The highest BCUT2D eigenvalue weighted by Gasteiger charge is 2.60. The number of aliphatic hydroxyl groups excluding tert-OH is 2. The van der Waals surface area contributed by atoms with Crippen LogP contribution in [0.1, 0.15) is 72.6 Å². The van der Waals surface area contributed by atoms with Crippen molar-refractivity contribution in [3.63, 3.8) is 0 Å². The first-order valence-corrected chi connectivity index (χ1v) is 9.67. The van der Waals surface area contributed by atoms with Gasteiger partial charge in [-0.3, -0.25) is 0 Å². The van der Waals surface area contributed by atoms with E-state index in [0.29, 0.717) is 35.7 Å². The molecule has 8 atom stereocenters. The van der Waals surface area contributed by atoms with Gasteiger partial charge in [0.1, 0.15) is 0 Å². The summed E-state index contributed by atoms with van der Waals surface area (Å²) in [4.78, 5) is 0. The van der Waals surface area contributed by atoms with Gasteiger partial charge in [0.05, 0.1) is 6.10 Å². The van der Waals surface area contributed by atoms with Crippen LogP contribution in [0.15, 0.2) is 0 Å². The molecule has 0 spiro atoms. The fourth-order valence-corrected chi connectivity index (χ4v) is 7.05. The lowest BCUT2D eigenvalue weighted by atomic mass is 9.45. The van der Waals surface area contributed by atoms with Crippen LogP contribution in [0.3, 0.4) is 0 Å². The molecule has 0 aromatic carbocycles. The predicted molar refractivity (Wildman–Crippen MR) is 90.4 cm³/mol. The number of hydrogen-bond acceptors (Lipinski definition) is 2. The molecule has 0 aromatic rings. The van der Waals surface area contributed by atoms with Crippen LogP contribution in [-0.2, 0) is 0 Å². The summed E-state index contributed by atoms with van der Waals surface area (Å²) in [7, 11) is 0. The Bertz CT molecular complexity index is 409. The van der Waals surface area contributed by atoms with Gasteiger partial charge in [-0.05, 0) is 78.9 Å². The standard InChI is InChI=1S/C20H36O2/c1-5-14-12-17(22)18-15-7-6-13(2)19(15,3)9-8-16(18)20(14,4)10-11-21/h13-18,21-22H,5-12H2,1-4H3/t13?,14?,15?,16?,17?,18?,19-,20+/m1/s1. The molecular formula is C20H36O2. The van der Waals surface area contributed by atoms with E-state index >= 15 is 0 Å². The van der Waals surface area contributed by atoms with Crippen molar-refractivity contribution in [2.45, 2.75) is 78.7 Å². The van der Waals surface area contributed by atoms with E-state index in [-0.39, 0.29) is 11.5 Å². The number of hydrogen-bond donors (Lipinski definition) is 2. The molecule has 3 fully saturated rings. The van der Waals surface area contributed by atoms with E-state index in [1.54, 1.807) is 0 Å². The molecule has 2 nitrogen and oxygen atoms in total. The molecule has 0 saturated heterocycles. The van der Waals surface area contributed by atoms with Gasteiger partial charge >= 0.3 is 0 Å². The van der Waals surface area contributed by atoms with Crippen molar-refractivity contribution in [3.8, 4) is 0 Å². The van der Waals surface area contributed by atoms with E-state index in [0.717, 1.165) is 25.2 Å². The molecule has 3 aliphatic rings. The first kappa shape index (κ1) is 16.8. The minimum Gasteiger partial charge on any atom is -0.396 e. The molecule has 0 aliphatic heterocycles. The molecule has 0 amide bonds. The Kier molecular flexibility index (Phi) is 4.40. The smallest absolute Gasteiger partial charge is 0.0577 e. The lowest BCUT2D eigenvalue weighted by Crippen LogP contribution is -2.56. The van der Waals surface area contributed by atoms with E-state index in [4.69, 9.17) is 0 Å². The number of aliphatic hydroxyl groups is 2. The molecule has 3 saturated carbocycles. The van der Waals surface area contributed by atoms with E-state index in [9.17, 15) is 10.2 Å². The van der Waals surface area contributed by atoms with E-state index in [2.05, 4.69) is 27.7 Å². The Hall–Kier alpha value is -0.0800. The molecule has 22 heavy (non-hydrogen) atoms. The van der Waals surface area contributed by atoms with Gasteiger partial charge in [-0.1, -0.05) is 34.1 Å². The van der Waals surface area contributed by atoms with E-state index < -0.39 is 0 Å². The molecule has 0 radical (unpaired) electrons. The van der Waals surface area contributed by atoms with Gasteiger partial charge in [-0.2, -0.15) is 0 Å². The molecular weight excluding hydrogens is 272 g/mol. The lowest BCUT2D eigenvalue weighted by molar-refractivity contribution is -0.156. The van der Waals surface area contributed by atoms with Crippen molar-refractivity contribution in [1.29, 1.82) is 0 Å². The van der Waals surface area contributed by atoms with Gasteiger partial charge in [-0.25, -0.2) is 0 Å². The van der Waals surface area contributed by atoms with Gasteiger partial charge < -0.3 is 10.2 Å². The predicted octanol–water partition coefficient (Wildman–Crippen LogP) is 4.24. The molecule has 0 bridgehead atoms. The molecule has 0 heterocycles. The summed E-state index contributed by atoms with van der Waals surface area (Å²) in [6, 6.07) is 0. The first-order valence-electron chi connectivity index (χ1n) is 9.67. The van der Waals surface area contributed by atoms with Gasteiger partial charge in [0, 0.05) is 6.61 Å². The maximum absolute atomic E-state index is 11.0. The van der Waals surface area contributed by atoms with Crippen LogP contribution in [0.4, 0.5) is 0 Å². The first-order chi connectivity index (χ1) is 10.4. The summed E-state index contributed by atoms with van der Waals surface area (Å²) in [6.07, 6.45) is 8.11. The van der Waals surface area contributed by atoms with E-state index in [1.807, 2.05) is 0 Å². The fourth-order valence-electron chi connectivity index (χ4n) is 7.05. The van der Waals surface area contributed by atoms with Crippen LogP contribution < -0.4 is 0 Å². The third-order valence-corrected chi connectivity index (χ3v) is 8.70. The maximum atomic E-state index is 11.0. The van der Waals surface area contributed by atoms with Crippen molar-refractivity contribution in [2.24, 2.45) is 40.4 Å². The normalized spacial score (nSPS) is 54.8. The average Bonchev–Trinajstić information content (AvgIpc) is 2.78. The lowest BCUT2D eigenvalue weighted by Gasteiger charge is -2.60. The quantitative estimate of drug-likeness (QED) is 0.818. The molecule has 0 aromatic heterocycles. The minimum absolute atomic E-state index is 0.114. The summed E-state index contributed by atoms with van der Waals surface area (Å²) in [5, 5.41) is 20.7. The van der Waals surface area contributed by atoms with Crippen LogP contribution in [-0.4, -0.2) is 22.9 Å². The highest BCUT2D eigenvalue weighted by molar-refractivity contribution is 5.09. The molecule has 2 N–H and O–H groups in total. The van der Waals surface area contributed by atoms with Crippen molar-refractivity contribution >= 4 is 0 Å². The van der Waals surface area contributed by atoms with Gasteiger partial charge in [-0.15, -0.1) is 0 Å². The fraction of sp³-hybridized carbons (Fsp3) is 1.00. The average molecular weight is 309 g/mol. The van der Waals surface area contributed by atoms with E-state index in [1.165, 1.54) is 25.7 Å². The van der Waals surface area contributed by atoms with Gasteiger partial charge in [0.15, 0.2) is 0 Å². The van der Waals surface area contributed by atoms with Crippen molar-refractivity contribution in [2.75, 3.05) is 6.61 Å². The van der Waals surface area contributed by atoms with Crippen LogP contribution in [0.5, 0.6) is 0 Å². The van der Waals surface area contributed by atoms with Crippen molar-refractivity contribution in [3.05, 3.63) is 0 Å². The molecule has 3 aliphatic carbocycles. The summed E-state index contributed by atoms with van der Waals surface area (Å²) in [5.41, 5.74) is 0.669. The van der Waals surface area contributed by atoms with Crippen molar-refractivity contribution < 1.29 is 10.2 Å². The topological polar surface area (TPSA) is 40.5 Å². The number of rotatable bonds is 3. The minimum atomic E-state index is -0.114. The maximum Gasteiger partial charge on any atom is 0.0577 e. The number of fused-ring (bicyclic) bond motifs is 3. The zero-order valence-electron chi connectivity index (χ0n) is 15.0.